The Morgan fingerprint density at radius 2 is 1.23 bits per heavy atom. The third kappa shape index (κ3) is 6.12. The van der Waals surface area contributed by atoms with Crippen molar-refractivity contribution >= 4 is 0 Å². The lowest BCUT2D eigenvalue weighted by atomic mass is 9.98. The van der Waals surface area contributed by atoms with Crippen molar-refractivity contribution in [3.05, 3.63) is 78.1 Å². The van der Waals surface area contributed by atoms with Crippen molar-refractivity contribution in [1.82, 2.24) is 0 Å². The summed E-state index contributed by atoms with van der Waals surface area (Å²) in [6, 6.07) is 20.4. The topological polar surface area (TPSA) is 9.23 Å². The molecular weight excluding hydrogens is 385 g/mol. The standard InChI is InChI=1S/C26H27F3O/c1-2-3-4-5-6-7-19-8-10-20(11-9-19)21-12-14-22(15-13-21)23-16-17-25(24(27)18-23)30-26(28)29/h8-18,26H,2-7H2,1H3. The van der Waals surface area contributed by atoms with E-state index in [4.69, 9.17) is 0 Å². The van der Waals surface area contributed by atoms with Crippen molar-refractivity contribution in [1.29, 1.82) is 0 Å². The molecule has 0 fully saturated rings. The number of benzene rings is 3. The second kappa shape index (κ2) is 10.9. The highest BCUT2D eigenvalue weighted by Gasteiger charge is 2.11. The molecule has 0 bridgehead atoms. The van der Waals surface area contributed by atoms with Gasteiger partial charge in [0.2, 0.25) is 0 Å². The van der Waals surface area contributed by atoms with Gasteiger partial charge in [0.25, 0.3) is 0 Å². The van der Waals surface area contributed by atoms with Crippen molar-refractivity contribution in [2.24, 2.45) is 0 Å². The Labute approximate surface area is 176 Å². The van der Waals surface area contributed by atoms with E-state index in [1.54, 1.807) is 6.07 Å². The predicted octanol–water partition coefficient (Wildman–Crippen LogP) is 8.27. The highest BCUT2D eigenvalue weighted by atomic mass is 19.3. The van der Waals surface area contributed by atoms with Gasteiger partial charge in [0, 0.05) is 0 Å². The fourth-order valence-electron chi connectivity index (χ4n) is 3.52. The lowest BCUT2D eigenvalue weighted by molar-refractivity contribution is -0.0521. The molecule has 0 amide bonds. The number of halogens is 3. The average Bonchev–Trinajstić information content (AvgIpc) is 2.75. The Morgan fingerprint density at radius 1 is 0.700 bits per heavy atom. The van der Waals surface area contributed by atoms with Crippen LogP contribution in [0, 0.1) is 5.82 Å². The lowest BCUT2D eigenvalue weighted by Gasteiger charge is -2.09. The van der Waals surface area contributed by atoms with E-state index >= 15 is 0 Å². The van der Waals surface area contributed by atoms with Crippen LogP contribution in [0.1, 0.15) is 44.6 Å². The zero-order chi connectivity index (χ0) is 21.3. The minimum absolute atomic E-state index is 0.448. The van der Waals surface area contributed by atoms with E-state index in [2.05, 4.69) is 35.9 Å². The van der Waals surface area contributed by atoms with Gasteiger partial charge in [-0.25, -0.2) is 4.39 Å². The summed E-state index contributed by atoms with van der Waals surface area (Å²) in [6.45, 7) is -0.817. The quantitative estimate of drug-likeness (QED) is 0.304. The van der Waals surface area contributed by atoms with Crippen molar-refractivity contribution < 1.29 is 17.9 Å². The maximum absolute atomic E-state index is 14.0. The molecule has 0 atom stereocenters. The molecule has 0 saturated carbocycles. The molecule has 0 saturated heterocycles. The molecular formula is C26H27F3O. The third-order valence-electron chi connectivity index (χ3n) is 5.22. The normalized spacial score (nSPS) is 11.1. The Hall–Kier alpha value is -2.75. The average molecular weight is 412 g/mol. The molecule has 0 aromatic heterocycles. The number of aryl methyl sites for hydroxylation is 1. The predicted molar refractivity (Wildman–Crippen MR) is 116 cm³/mol. The fraction of sp³-hybridized carbons (Fsp3) is 0.308. The van der Waals surface area contributed by atoms with E-state index in [9.17, 15) is 13.2 Å². The van der Waals surface area contributed by atoms with Crippen LogP contribution in [0.3, 0.4) is 0 Å². The van der Waals surface area contributed by atoms with E-state index in [1.807, 2.05) is 24.3 Å². The summed E-state index contributed by atoms with van der Waals surface area (Å²) in [5, 5.41) is 0. The first kappa shape index (κ1) is 21.9. The van der Waals surface area contributed by atoms with Gasteiger partial charge in [0.05, 0.1) is 0 Å². The van der Waals surface area contributed by atoms with Gasteiger partial charge >= 0.3 is 6.61 Å². The van der Waals surface area contributed by atoms with Gasteiger partial charge in [-0.3, -0.25) is 0 Å². The van der Waals surface area contributed by atoms with Crippen LogP contribution in [-0.4, -0.2) is 6.61 Å². The minimum atomic E-state index is -3.04. The van der Waals surface area contributed by atoms with Crippen LogP contribution in [0.5, 0.6) is 5.75 Å². The summed E-state index contributed by atoms with van der Waals surface area (Å²) in [6.07, 6.45) is 7.52. The van der Waals surface area contributed by atoms with Gasteiger partial charge in [-0.05, 0) is 52.8 Å². The summed E-state index contributed by atoms with van der Waals surface area (Å²) < 4.78 is 42.7. The third-order valence-corrected chi connectivity index (χ3v) is 5.22. The Morgan fingerprint density at radius 3 is 1.80 bits per heavy atom. The number of hydrogen-bond donors (Lipinski definition) is 0. The van der Waals surface area contributed by atoms with E-state index in [0.29, 0.717) is 5.56 Å². The van der Waals surface area contributed by atoms with Crippen LogP contribution in [0.25, 0.3) is 22.3 Å². The number of alkyl halides is 2. The molecule has 0 radical (unpaired) electrons. The smallest absolute Gasteiger partial charge is 0.387 e. The lowest BCUT2D eigenvalue weighted by Crippen LogP contribution is -2.03. The van der Waals surface area contributed by atoms with Crippen LogP contribution in [0.15, 0.2) is 66.7 Å². The summed E-state index contributed by atoms with van der Waals surface area (Å²) in [7, 11) is 0. The largest absolute Gasteiger partial charge is 0.432 e. The molecule has 3 aromatic rings. The molecule has 4 heteroatoms. The number of ether oxygens (including phenoxy) is 1. The molecule has 0 aliphatic rings. The van der Waals surface area contributed by atoms with E-state index < -0.39 is 18.2 Å². The van der Waals surface area contributed by atoms with Crippen LogP contribution >= 0.6 is 0 Å². The first-order valence-corrected chi connectivity index (χ1v) is 10.5. The van der Waals surface area contributed by atoms with Crippen molar-refractivity contribution in [2.75, 3.05) is 0 Å². The Balaban J connectivity index is 1.63. The molecule has 0 N–H and O–H groups in total. The van der Waals surface area contributed by atoms with Gasteiger partial charge in [0.1, 0.15) is 0 Å². The molecule has 0 spiro atoms. The monoisotopic (exact) mass is 412 g/mol. The number of unbranched alkanes of at least 4 members (excludes halogenated alkanes) is 4. The molecule has 0 unspecified atom stereocenters. The molecule has 1 nitrogen and oxygen atoms in total. The zero-order valence-corrected chi connectivity index (χ0v) is 17.2. The number of hydrogen-bond acceptors (Lipinski definition) is 1. The van der Waals surface area contributed by atoms with Crippen LogP contribution < -0.4 is 4.74 Å². The highest BCUT2D eigenvalue weighted by Crippen LogP contribution is 2.29. The highest BCUT2D eigenvalue weighted by molar-refractivity contribution is 5.71. The fourth-order valence-corrected chi connectivity index (χ4v) is 3.52. The van der Waals surface area contributed by atoms with Crippen molar-refractivity contribution in [2.45, 2.75) is 52.1 Å². The van der Waals surface area contributed by atoms with Crippen LogP contribution in [-0.2, 0) is 6.42 Å². The van der Waals surface area contributed by atoms with E-state index in [-0.39, 0.29) is 0 Å². The molecule has 3 aromatic carbocycles. The summed E-state index contributed by atoms with van der Waals surface area (Å²) >= 11 is 0. The van der Waals surface area contributed by atoms with Gasteiger partial charge in [-0.1, -0.05) is 87.2 Å². The van der Waals surface area contributed by atoms with Crippen LogP contribution in [0.2, 0.25) is 0 Å². The van der Waals surface area contributed by atoms with Gasteiger partial charge in [-0.2, -0.15) is 8.78 Å². The van der Waals surface area contributed by atoms with Gasteiger partial charge in [0.15, 0.2) is 11.6 Å². The zero-order valence-electron chi connectivity index (χ0n) is 17.2. The van der Waals surface area contributed by atoms with Crippen molar-refractivity contribution in [3.8, 4) is 28.0 Å². The van der Waals surface area contributed by atoms with E-state index in [0.717, 1.165) is 23.1 Å². The Kier molecular flexibility index (Phi) is 7.95. The van der Waals surface area contributed by atoms with Gasteiger partial charge < -0.3 is 4.74 Å². The summed E-state index contributed by atoms with van der Waals surface area (Å²) in [4.78, 5) is 0. The Bertz CT molecular complexity index is 918. The maximum atomic E-state index is 14.0. The first-order chi connectivity index (χ1) is 14.6. The molecule has 158 valence electrons. The SMILES string of the molecule is CCCCCCCc1ccc(-c2ccc(-c3ccc(OC(F)F)c(F)c3)cc2)cc1. The van der Waals surface area contributed by atoms with E-state index in [1.165, 1.54) is 49.8 Å². The minimum Gasteiger partial charge on any atom is -0.432 e. The second-order valence-corrected chi connectivity index (χ2v) is 7.46. The molecule has 0 aliphatic carbocycles. The number of rotatable bonds is 10. The molecule has 3 rings (SSSR count). The summed E-state index contributed by atoms with van der Waals surface area (Å²) in [5.74, 6) is -1.25. The molecule has 30 heavy (non-hydrogen) atoms. The first-order valence-electron chi connectivity index (χ1n) is 10.5. The molecule has 0 aliphatic heterocycles. The van der Waals surface area contributed by atoms with Crippen LogP contribution in [0.4, 0.5) is 13.2 Å². The van der Waals surface area contributed by atoms with Gasteiger partial charge in [-0.15, -0.1) is 0 Å². The molecule has 0 heterocycles. The van der Waals surface area contributed by atoms with Crippen molar-refractivity contribution in [3.63, 3.8) is 0 Å². The summed E-state index contributed by atoms with van der Waals surface area (Å²) in [5.41, 5.74) is 4.98. The maximum Gasteiger partial charge on any atom is 0.387 e. The second-order valence-electron chi connectivity index (χ2n) is 7.46.